The molecule has 1 aromatic heterocycles. The molecule has 2 aromatic carbocycles. The number of anilines is 2. The van der Waals surface area contributed by atoms with E-state index in [4.69, 9.17) is 4.74 Å². The fourth-order valence-electron chi connectivity index (χ4n) is 2.87. The molecule has 1 heterocycles. The van der Waals surface area contributed by atoms with Crippen molar-refractivity contribution in [2.75, 3.05) is 16.2 Å². The molecule has 0 aliphatic heterocycles. The second-order valence-electron chi connectivity index (χ2n) is 6.58. The van der Waals surface area contributed by atoms with Crippen molar-refractivity contribution in [1.82, 2.24) is 0 Å². The minimum atomic E-state index is -3.67. The maximum atomic E-state index is 12.7. The normalized spacial score (nSPS) is 12.1. The van der Waals surface area contributed by atoms with E-state index in [1.165, 1.54) is 37.3 Å². The van der Waals surface area contributed by atoms with E-state index in [9.17, 15) is 18.0 Å². The fraction of sp³-hybridized carbons (Fsp3) is 0.182. The van der Waals surface area contributed by atoms with Gasteiger partial charge in [-0.15, -0.1) is 11.3 Å². The maximum Gasteiger partial charge on any atom is 0.338 e. The van der Waals surface area contributed by atoms with Crippen molar-refractivity contribution in [1.29, 1.82) is 0 Å². The molecule has 162 valence electrons. The largest absolute Gasteiger partial charge is 0.449 e. The molecule has 1 atom stereocenters. The summed E-state index contributed by atoms with van der Waals surface area (Å²) in [7, 11) is -3.67. The van der Waals surface area contributed by atoms with Gasteiger partial charge in [0.25, 0.3) is 15.9 Å². The Morgan fingerprint density at radius 2 is 1.71 bits per heavy atom. The molecule has 0 saturated carbocycles. The first-order chi connectivity index (χ1) is 14.8. The number of carbonyl (C=O) groups is 2. The van der Waals surface area contributed by atoms with Crippen molar-refractivity contribution in [3.63, 3.8) is 0 Å². The molecule has 1 amide bonds. The van der Waals surface area contributed by atoms with Gasteiger partial charge in [-0.3, -0.25) is 9.52 Å². The van der Waals surface area contributed by atoms with Gasteiger partial charge in [-0.1, -0.05) is 24.3 Å². The summed E-state index contributed by atoms with van der Waals surface area (Å²) in [5.41, 5.74) is 1.25. The minimum absolute atomic E-state index is 0.196. The summed E-state index contributed by atoms with van der Waals surface area (Å²) in [4.78, 5) is 26.7. The van der Waals surface area contributed by atoms with Gasteiger partial charge in [-0.05, 0) is 61.7 Å². The molecule has 9 heteroatoms. The number of hydrogen-bond acceptors (Lipinski definition) is 6. The number of nitrogens with zero attached hydrogens (tertiary/aromatic N) is 1. The van der Waals surface area contributed by atoms with Crippen LogP contribution in [0.3, 0.4) is 0 Å². The highest BCUT2D eigenvalue weighted by Gasteiger charge is 2.24. The summed E-state index contributed by atoms with van der Waals surface area (Å²) >= 11 is 1.11. The average Bonchev–Trinajstić information content (AvgIpc) is 3.31. The molecule has 3 aromatic rings. The monoisotopic (exact) mass is 458 g/mol. The Kier molecular flexibility index (Phi) is 7.09. The highest BCUT2D eigenvalue weighted by molar-refractivity contribution is 7.94. The van der Waals surface area contributed by atoms with Crippen LogP contribution in [0.2, 0.25) is 0 Å². The van der Waals surface area contributed by atoms with Crippen molar-refractivity contribution in [2.45, 2.75) is 24.2 Å². The number of hydrogen-bond donors (Lipinski definition) is 1. The van der Waals surface area contributed by atoms with Gasteiger partial charge in [0, 0.05) is 17.9 Å². The molecule has 0 fully saturated rings. The molecule has 7 nitrogen and oxygen atoms in total. The SMILES string of the molecule is CCN(C(=O)[C@H](C)OC(=O)c1ccc(NS(=O)(=O)c2cccs2)cc1)c1ccccc1. The third-order valence-corrected chi connectivity index (χ3v) is 7.19. The molecule has 0 aliphatic rings. The topological polar surface area (TPSA) is 92.8 Å². The summed E-state index contributed by atoms with van der Waals surface area (Å²) in [6.45, 7) is 3.80. The standard InChI is InChI=1S/C22H22N2O5S2/c1-3-24(19-8-5-4-6-9-19)21(25)16(2)29-22(26)17-11-13-18(14-12-17)23-31(27,28)20-10-7-15-30-20/h4-16,23H,3H2,1-2H3/t16-/m0/s1. The van der Waals surface area contributed by atoms with Gasteiger partial charge in [-0.25, -0.2) is 13.2 Å². The fourth-order valence-corrected chi connectivity index (χ4v) is 4.92. The van der Waals surface area contributed by atoms with Crippen LogP contribution in [0.25, 0.3) is 0 Å². The Morgan fingerprint density at radius 1 is 1.03 bits per heavy atom. The number of sulfonamides is 1. The van der Waals surface area contributed by atoms with Crippen LogP contribution in [-0.2, 0) is 19.6 Å². The molecule has 0 bridgehead atoms. The van der Waals surface area contributed by atoms with E-state index >= 15 is 0 Å². The van der Waals surface area contributed by atoms with Gasteiger partial charge in [0.1, 0.15) is 4.21 Å². The molecule has 0 aliphatic carbocycles. The van der Waals surface area contributed by atoms with Crippen molar-refractivity contribution >= 4 is 44.6 Å². The summed E-state index contributed by atoms with van der Waals surface area (Å²) in [6.07, 6.45) is -0.982. The quantitative estimate of drug-likeness (QED) is 0.512. The lowest BCUT2D eigenvalue weighted by Gasteiger charge is -2.24. The van der Waals surface area contributed by atoms with Gasteiger partial charge in [-0.2, -0.15) is 0 Å². The maximum absolute atomic E-state index is 12.7. The van der Waals surface area contributed by atoms with Crippen molar-refractivity contribution in [3.8, 4) is 0 Å². The first kappa shape index (κ1) is 22.5. The third kappa shape index (κ3) is 5.50. The van der Waals surface area contributed by atoms with Crippen LogP contribution in [0.1, 0.15) is 24.2 Å². The lowest BCUT2D eigenvalue weighted by Crippen LogP contribution is -2.40. The number of rotatable bonds is 8. The molecule has 1 N–H and O–H groups in total. The Morgan fingerprint density at radius 3 is 2.29 bits per heavy atom. The van der Waals surface area contributed by atoms with Gasteiger partial charge in [0.15, 0.2) is 6.10 Å². The molecule has 0 radical (unpaired) electrons. The molecular formula is C22H22N2O5S2. The molecule has 0 saturated heterocycles. The van der Waals surface area contributed by atoms with Crippen LogP contribution in [0.5, 0.6) is 0 Å². The molecule has 0 unspecified atom stereocenters. The molecular weight excluding hydrogens is 436 g/mol. The van der Waals surface area contributed by atoms with Crippen molar-refractivity contribution in [2.24, 2.45) is 0 Å². The highest BCUT2D eigenvalue weighted by atomic mass is 32.2. The smallest absolute Gasteiger partial charge is 0.338 e. The van der Waals surface area contributed by atoms with Gasteiger partial charge < -0.3 is 9.64 Å². The number of nitrogens with one attached hydrogen (secondary N) is 1. The zero-order chi connectivity index (χ0) is 22.4. The first-order valence-corrected chi connectivity index (χ1v) is 11.9. The van der Waals surface area contributed by atoms with E-state index in [0.717, 1.165) is 17.0 Å². The lowest BCUT2D eigenvalue weighted by molar-refractivity contribution is -0.126. The second-order valence-corrected chi connectivity index (χ2v) is 9.44. The average molecular weight is 459 g/mol. The Hall–Kier alpha value is -3.17. The van der Waals surface area contributed by atoms with E-state index in [1.807, 2.05) is 37.3 Å². The zero-order valence-corrected chi connectivity index (χ0v) is 18.7. The van der Waals surface area contributed by atoms with E-state index in [-0.39, 0.29) is 15.7 Å². The van der Waals surface area contributed by atoms with E-state index < -0.39 is 22.1 Å². The number of ether oxygens (including phenoxy) is 1. The van der Waals surface area contributed by atoms with Crippen molar-refractivity contribution in [3.05, 3.63) is 77.7 Å². The van der Waals surface area contributed by atoms with Crippen LogP contribution in [0.4, 0.5) is 11.4 Å². The van der Waals surface area contributed by atoms with Crippen LogP contribution >= 0.6 is 11.3 Å². The zero-order valence-electron chi connectivity index (χ0n) is 17.0. The predicted molar refractivity (Wildman–Crippen MR) is 121 cm³/mol. The lowest BCUT2D eigenvalue weighted by atomic mass is 10.2. The molecule has 3 rings (SSSR count). The Labute approximate surface area is 185 Å². The molecule has 31 heavy (non-hydrogen) atoms. The van der Waals surface area contributed by atoms with E-state index in [0.29, 0.717) is 12.2 Å². The Bertz CT molecular complexity index is 1130. The Balaban J connectivity index is 1.64. The minimum Gasteiger partial charge on any atom is -0.449 e. The summed E-state index contributed by atoms with van der Waals surface area (Å²) in [6, 6.07) is 18.1. The van der Waals surface area contributed by atoms with Crippen LogP contribution in [-0.4, -0.2) is 32.9 Å². The summed E-state index contributed by atoms with van der Waals surface area (Å²) in [5, 5.41) is 1.67. The second kappa shape index (κ2) is 9.76. The van der Waals surface area contributed by atoms with Crippen molar-refractivity contribution < 1.29 is 22.7 Å². The number of esters is 1. The van der Waals surface area contributed by atoms with E-state index in [1.54, 1.807) is 16.3 Å². The summed E-state index contributed by atoms with van der Waals surface area (Å²) < 4.78 is 32.5. The summed E-state index contributed by atoms with van der Waals surface area (Å²) in [5.74, 6) is -1.000. The van der Waals surface area contributed by atoms with Crippen LogP contribution < -0.4 is 9.62 Å². The number of carbonyl (C=O) groups excluding carboxylic acids is 2. The van der Waals surface area contributed by atoms with Gasteiger partial charge >= 0.3 is 5.97 Å². The number of benzene rings is 2. The van der Waals surface area contributed by atoms with Gasteiger partial charge in [0.05, 0.1) is 5.56 Å². The van der Waals surface area contributed by atoms with Crippen LogP contribution in [0, 0.1) is 0 Å². The first-order valence-electron chi connectivity index (χ1n) is 9.55. The van der Waals surface area contributed by atoms with Crippen LogP contribution in [0.15, 0.2) is 76.3 Å². The predicted octanol–water partition coefficient (Wildman–Crippen LogP) is 4.15. The number of thiophene rings is 1. The number of para-hydroxylation sites is 1. The highest BCUT2D eigenvalue weighted by Crippen LogP contribution is 2.21. The third-order valence-electron chi connectivity index (χ3n) is 4.41. The molecule has 0 spiro atoms. The van der Waals surface area contributed by atoms with Gasteiger partial charge in [0.2, 0.25) is 0 Å². The number of amides is 1. The van der Waals surface area contributed by atoms with E-state index in [2.05, 4.69) is 4.72 Å². The number of likely N-dealkylation sites (N-methyl/N-ethyl adjacent to an activating group) is 1.